The lowest BCUT2D eigenvalue weighted by molar-refractivity contribution is -0.130. The highest BCUT2D eigenvalue weighted by Crippen LogP contribution is 2.30. The van der Waals surface area contributed by atoms with Gasteiger partial charge in [-0.15, -0.1) is 11.3 Å². The van der Waals surface area contributed by atoms with Crippen LogP contribution in [0.1, 0.15) is 12.8 Å². The first-order valence-corrected chi connectivity index (χ1v) is 11.3. The Morgan fingerprint density at radius 2 is 2.14 bits per heavy atom. The molecule has 7 nitrogen and oxygen atoms in total. The molecule has 1 aliphatic heterocycles. The van der Waals surface area contributed by atoms with Crippen molar-refractivity contribution in [3.63, 3.8) is 0 Å². The molecule has 1 amide bonds. The van der Waals surface area contributed by atoms with E-state index in [1.165, 1.54) is 11.8 Å². The second-order valence-corrected chi connectivity index (χ2v) is 9.29. The number of thioether (sulfide) groups is 1. The largest absolute Gasteiger partial charge is 0.470 e. The third-order valence-corrected chi connectivity index (χ3v) is 6.84. The van der Waals surface area contributed by atoms with Crippen molar-refractivity contribution in [3.05, 3.63) is 36.7 Å². The minimum Gasteiger partial charge on any atom is -0.470 e. The fourth-order valence-corrected chi connectivity index (χ4v) is 5.23. The molecule has 29 heavy (non-hydrogen) atoms. The van der Waals surface area contributed by atoms with E-state index in [1.807, 2.05) is 42.1 Å². The van der Waals surface area contributed by atoms with E-state index in [4.69, 9.17) is 4.74 Å². The van der Waals surface area contributed by atoms with Crippen LogP contribution in [0.25, 0.3) is 10.2 Å². The van der Waals surface area contributed by atoms with Gasteiger partial charge in [-0.25, -0.2) is 15.0 Å². The SMILES string of the molecule is CN(C)c1nccnc1OC1CCCN(C(=O)CSc2nc3ccccc3s2)C1. The number of hydrogen-bond donors (Lipinski definition) is 0. The summed E-state index contributed by atoms with van der Waals surface area (Å²) in [4.78, 5) is 29.8. The van der Waals surface area contributed by atoms with Crippen LogP contribution in [0, 0.1) is 0 Å². The van der Waals surface area contributed by atoms with Gasteiger partial charge < -0.3 is 14.5 Å². The van der Waals surface area contributed by atoms with Crippen LogP contribution >= 0.6 is 23.1 Å². The van der Waals surface area contributed by atoms with Crippen LogP contribution in [0.4, 0.5) is 5.82 Å². The number of anilines is 1. The monoisotopic (exact) mass is 429 g/mol. The van der Waals surface area contributed by atoms with Gasteiger partial charge in [-0.2, -0.15) is 0 Å². The second-order valence-electron chi connectivity index (χ2n) is 7.04. The summed E-state index contributed by atoms with van der Waals surface area (Å²) in [6.45, 7) is 1.34. The molecule has 4 rings (SSSR count). The topological polar surface area (TPSA) is 71.5 Å². The number of amides is 1. The van der Waals surface area contributed by atoms with Gasteiger partial charge in [-0.3, -0.25) is 4.79 Å². The van der Waals surface area contributed by atoms with Gasteiger partial charge in [0.25, 0.3) is 5.88 Å². The van der Waals surface area contributed by atoms with Gasteiger partial charge in [-0.1, -0.05) is 23.9 Å². The minimum atomic E-state index is -0.0736. The maximum atomic E-state index is 12.7. The molecule has 0 bridgehead atoms. The average Bonchev–Trinajstić information content (AvgIpc) is 3.15. The van der Waals surface area contributed by atoms with E-state index in [0.29, 0.717) is 24.0 Å². The molecule has 1 aromatic carbocycles. The van der Waals surface area contributed by atoms with Gasteiger partial charge in [0, 0.05) is 33.0 Å². The molecule has 2 aromatic heterocycles. The van der Waals surface area contributed by atoms with Gasteiger partial charge in [0.05, 0.1) is 22.5 Å². The number of nitrogens with zero attached hydrogens (tertiary/aromatic N) is 5. The zero-order valence-electron chi connectivity index (χ0n) is 16.4. The first kappa shape index (κ1) is 19.9. The normalized spacial score (nSPS) is 16.8. The zero-order valence-corrected chi connectivity index (χ0v) is 18.1. The highest BCUT2D eigenvalue weighted by Gasteiger charge is 2.26. The summed E-state index contributed by atoms with van der Waals surface area (Å²) in [5.74, 6) is 1.72. The number of fused-ring (bicyclic) bond motifs is 1. The molecule has 9 heteroatoms. The molecule has 0 N–H and O–H groups in total. The summed E-state index contributed by atoms with van der Waals surface area (Å²) in [7, 11) is 3.82. The molecular weight excluding hydrogens is 406 g/mol. The van der Waals surface area contributed by atoms with Crippen molar-refractivity contribution >= 4 is 45.0 Å². The molecular formula is C20H23N5O2S2. The Kier molecular flexibility index (Phi) is 6.15. The molecule has 3 aromatic rings. The van der Waals surface area contributed by atoms with E-state index < -0.39 is 0 Å². The standard InChI is InChI=1S/C20H23N5O2S2/c1-24(2)18-19(22-10-9-21-18)27-14-6-5-11-25(12-14)17(26)13-28-20-23-15-7-3-4-8-16(15)29-20/h3-4,7-10,14H,5-6,11-13H2,1-2H3. The number of carbonyl (C=O) groups excluding carboxylic acids is 1. The highest BCUT2D eigenvalue weighted by atomic mass is 32.2. The third-order valence-electron chi connectivity index (χ3n) is 4.67. The number of para-hydroxylation sites is 1. The lowest BCUT2D eigenvalue weighted by Gasteiger charge is -2.33. The van der Waals surface area contributed by atoms with Gasteiger partial charge in [0.1, 0.15) is 6.10 Å². The van der Waals surface area contributed by atoms with E-state index in [-0.39, 0.29) is 12.0 Å². The summed E-state index contributed by atoms with van der Waals surface area (Å²) in [5, 5.41) is 0. The van der Waals surface area contributed by atoms with E-state index in [2.05, 4.69) is 21.0 Å². The first-order chi connectivity index (χ1) is 14.1. The molecule has 152 valence electrons. The van der Waals surface area contributed by atoms with Gasteiger partial charge in [0.2, 0.25) is 5.91 Å². The Balaban J connectivity index is 1.35. The summed E-state index contributed by atoms with van der Waals surface area (Å²) >= 11 is 3.13. The van der Waals surface area contributed by atoms with Crippen molar-refractivity contribution in [1.82, 2.24) is 19.9 Å². The second kappa shape index (κ2) is 8.96. The van der Waals surface area contributed by atoms with Crippen LogP contribution in [0.3, 0.4) is 0 Å². The Morgan fingerprint density at radius 1 is 1.31 bits per heavy atom. The molecule has 1 saturated heterocycles. The maximum absolute atomic E-state index is 12.7. The number of hydrogen-bond acceptors (Lipinski definition) is 8. The summed E-state index contributed by atoms with van der Waals surface area (Å²) in [6.07, 6.45) is 5.02. The smallest absolute Gasteiger partial charge is 0.257 e. The number of carbonyl (C=O) groups is 1. The van der Waals surface area contributed by atoms with Crippen LogP contribution in [-0.2, 0) is 4.79 Å². The molecule has 3 heterocycles. The molecule has 1 fully saturated rings. The Morgan fingerprint density at radius 3 is 2.97 bits per heavy atom. The van der Waals surface area contributed by atoms with Gasteiger partial charge in [0.15, 0.2) is 10.2 Å². The van der Waals surface area contributed by atoms with Crippen LogP contribution in [0.5, 0.6) is 5.88 Å². The minimum absolute atomic E-state index is 0.0736. The van der Waals surface area contributed by atoms with Crippen molar-refractivity contribution in [2.24, 2.45) is 0 Å². The molecule has 0 radical (unpaired) electrons. The van der Waals surface area contributed by atoms with Crippen LogP contribution < -0.4 is 9.64 Å². The van der Waals surface area contributed by atoms with Gasteiger partial charge in [-0.05, 0) is 25.0 Å². The third kappa shape index (κ3) is 4.79. The number of aromatic nitrogens is 3. The fraction of sp³-hybridized carbons (Fsp3) is 0.400. The lowest BCUT2D eigenvalue weighted by atomic mass is 10.1. The number of thiazole rings is 1. The molecule has 0 saturated carbocycles. The molecule has 0 spiro atoms. The van der Waals surface area contributed by atoms with Gasteiger partial charge >= 0.3 is 0 Å². The van der Waals surface area contributed by atoms with Crippen molar-refractivity contribution in [2.45, 2.75) is 23.3 Å². The first-order valence-electron chi connectivity index (χ1n) is 9.51. The van der Waals surface area contributed by atoms with Crippen molar-refractivity contribution < 1.29 is 9.53 Å². The van der Waals surface area contributed by atoms with E-state index in [9.17, 15) is 4.79 Å². The zero-order chi connectivity index (χ0) is 20.2. The van der Waals surface area contributed by atoms with Crippen molar-refractivity contribution in [1.29, 1.82) is 0 Å². The summed E-state index contributed by atoms with van der Waals surface area (Å²) in [6, 6.07) is 8.04. The number of benzene rings is 1. The number of likely N-dealkylation sites (tertiary alicyclic amines) is 1. The maximum Gasteiger partial charge on any atom is 0.257 e. The average molecular weight is 430 g/mol. The number of piperidine rings is 1. The Bertz CT molecular complexity index is 961. The summed E-state index contributed by atoms with van der Waals surface area (Å²) < 4.78 is 8.18. The van der Waals surface area contributed by atoms with Crippen molar-refractivity contribution in [3.8, 4) is 5.88 Å². The predicted octanol–water partition coefficient (Wildman–Crippen LogP) is 3.31. The number of ether oxygens (including phenoxy) is 1. The fourth-order valence-electron chi connectivity index (χ4n) is 3.25. The van der Waals surface area contributed by atoms with Crippen LogP contribution in [0.15, 0.2) is 41.0 Å². The Labute approximate surface area is 178 Å². The van der Waals surface area contributed by atoms with Crippen LogP contribution in [-0.4, -0.2) is 64.8 Å². The van der Waals surface area contributed by atoms with E-state index in [1.54, 1.807) is 23.7 Å². The summed E-state index contributed by atoms with van der Waals surface area (Å²) in [5.41, 5.74) is 0.986. The van der Waals surface area contributed by atoms with Crippen molar-refractivity contribution in [2.75, 3.05) is 37.8 Å². The predicted molar refractivity (Wildman–Crippen MR) is 117 cm³/mol. The molecule has 1 aliphatic rings. The quantitative estimate of drug-likeness (QED) is 0.557. The Hall–Kier alpha value is -2.39. The molecule has 1 unspecified atom stereocenters. The molecule has 0 aliphatic carbocycles. The van der Waals surface area contributed by atoms with E-state index >= 15 is 0 Å². The van der Waals surface area contributed by atoms with Crippen LogP contribution in [0.2, 0.25) is 0 Å². The van der Waals surface area contributed by atoms with E-state index in [0.717, 1.165) is 33.9 Å². The lowest BCUT2D eigenvalue weighted by Crippen LogP contribution is -2.45. The molecule has 1 atom stereocenters. The highest BCUT2D eigenvalue weighted by molar-refractivity contribution is 8.01. The number of rotatable bonds is 6.